The molecule has 0 radical (unpaired) electrons. The van der Waals surface area contributed by atoms with E-state index in [0.29, 0.717) is 13.0 Å². The van der Waals surface area contributed by atoms with Crippen LogP contribution >= 0.6 is 0 Å². The van der Waals surface area contributed by atoms with Crippen LogP contribution in [0.1, 0.15) is 27.2 Å². The van der Waals surface area contributed by atoms with E-state index >= 15 is 0 Å². The molecule has 0 N–H and O–H groups in total. The summed E-state index contributed by atoms with van der Waals surface area (Å²) in [5.74, 6) is -1.02. The van der Waals surface area contributed by atoms with Crippen molar-refractivity contribution in [3.63, 3.8) is 0 Å². The third-order valence-corrected chi connectivity index (χ3v) is 2.42. The minimum Gasteiger partial charge on any atom is -0.469 e. The van der Waals surface area contributed by atoms with Crippen molar-refractivity contribution in [2.24, 2.45) is 5.92 Å². The second kappa shape index (κ2) is 4.28. The zero-order chi connectivity index (χ0) is 10.8. The van der Waals surface area contributed by atoms with Gasteiger partial charge in [-0.3, -0.25) is 4.79 Å². The summed E-state index contributed by atoms with van der Waals surface area (Å²) in [7, 11) is 1.39. The van der Waals surface area contributed by atoms with E-state index in [1.54, 1.807) is 0 Å². The summed E-state index contributed by atoms with van der Waals surface area (Å²) in [6, 6.07) is 0. The third-order valence-electron chi connectivity index (χ3n) is 2.42. The standard InChI is InChI=1S/C10H18O4/c1-5-7(9(11)12-4)8-6-13-10(2,3)14-8/h7-8H,5-6H2,1-4H3. The number of ether oxygens (including phenoxy) is 3. The van der Waals surface area contributed by atoms with Gasteiger partial charge in [0.25, 0.3) is 0 Å². The van der Waals surface area contributed by atoms with Crippen LogP contribution in [0.2, 0.25) is 0 Å². The van der Waals surface area contributed by atoms with Crippen molar-refractivity contribution in [2.75, 3.05) is 13.7 Å². The van der Waals surface area contributed by atoms with Gasteiger partial charge in [-0.25, -0.2) is 0 Å². The van der Waals surface area contributed by atoms with Crippen molar-refractivity contribution in [3.05, 3.63) is 0 Å². The number of carbonyl (C=O) groups excluding carboxylic acids is 1. The lowest BCUT2D eigenvalue weighted by molar-refractivity contribution is -0.161. The smallest absolute Gasteiger partial charge is 0.311 e. The number of methoxy groups -OCH3 is 1. The van der Waals surface area contributed by atoms with Crippen LogP contribution in [0.25, 0.3) is 0 Å². The van der Waals surface area contributed by atoms with Gasteiger partial charge in [0.1, 0.15) is 0 Å². The summed E-state index contributed by atoms with van der Waals surface area (Å²) in [5.41, 5.74) is 0. The highest BCUT2D eigenvalue weighted by atomic mass is 16.7. The molecule has 0 saturated carbocycles. The van der Waals surface area contributed by atoms with Gasteiger partial charge in [-0.1, -0.05) is 6.92 Å². The summed E-state index contributed by atoms with van der Waals surface area (Å²) < 4.78 is 15.7. The van der Waals surface area contributed by atoms with Gasteiger partial charge in [0.15, 0.2) is 5.79 Å². The Morgan fingerprint density at radius 2 is 2.29 bits per heavy atom. The topological polar surface area (TPSA) is 44.8 Å². The van der Waals surface area contributed by atoms with Gasteiger partial charge in [-0.05, 0) is 20.3 Å². The van der Waals surface area contributed by atoms with Crippen LogP contribution in [0.3, 0.4) is 0 Å². The average molecular weight is 202 g/mol. The maximum atomic E-state index is 11.4. The van der Waals surface area contributed by atoms with Crippen molar-refractivity contribution < 1.29 is 19.0 Å². The summed E-state index contributed by atoms with van der Waals surface area (Å²) in [6.45, 7) is 6.09. The van der Waals surface area contributed by atoms with Crippen LogP contribution in [0.5, 0.6) is 0 Å². The van der Waals surface area contributed by atoms with Crippen LogP contribution < -0.4 is 0 Å². The van der Waals surface area contributed by atoms with Crippen molar-refractivity contribution in [1.82, 2.24) is 0 Å². The zero-order valence-electron chi connectivity index (χ0n) is 9.20. The van der Waals surface area contributed by atoms with Crippen molar-refractivity contribution >= 4 is 5.97 Å². The molecular weight excluding hydrogens is 184 g/mol. The van der Waals surface area contributed by atoms with Crippen LogP contribution in [-0.4, -0.2) is 31.6 Å². The van der Waals surface area contributed by atoms with Crippen molar-refractivity contribution in [1.29, 1.82) is 0 Å². The molecule has 0 bridgehead atoms. The van der Waals surface area contributed by atoms with Gasteiger partial charge in [0, 0.05) is 0 Å². The first-order valence-corrected chi connectivity index (χ1v) is 4.89. The Balaban J connectivity index is 2.59. The lowest BCUT2D eigenvalue weighted by Gasteiger charge is -2.21. The highest BCUT2D eigenvalue weighted by Crippen LogP contribution is 2.28. The largest absolute Gasteiger partial charge is 0.469 e. The molecule has 14 heavy (non-hydrogen) atoms. The van der Waals surface area contributed by atoms with Gasteiger partial charge in [0.2, 0.25) is 0 Å². The first kappa shape index (κ1) is 11.5. The van der Waals surface area contributed by atoms with Crippen LogP contribution in [0.15, 0.2) is 0 Å². The van der Waals surface area contributed by atoms with Crippen molar-refractivity contribution in [3.8, 4) is 0 Å². The fourth-order valence-electron chi connectivity index (χ4n) is 1.65. The Kier molecular flexibility index (Phi) is 3.50. The van der Waals surface area contributed by atoms with E-state index in [9.17, 15) is 4.79 Å². The third kappa shape index (κ3) is 2.45. The highest BCUT2D eigenvalue weighted by Gasteiger charge is 2.39. The number of esters is 1. The first-order chi connectivity index (χ1) is 6.50. The molecule has 2 unspecified atom stereocenters. The molecule has 1 fully saturated rings. The number of hydrogen-bond donors (Lipinski definition) is 0. The zero-order valence-corrected chi connectivity index (χ0v) is 9.20. The second-order valence-electron chi connectivity index (χ2n) is 3.91. The monoisotopic (exact) mass is 202 g/mol. The van der Waals surface area contributed by atoms with Gasteiger partial charge < -0.3 is 14.2 Å². The SMILES string of the molecule is CCC(C(=O)OC)C1COC(C)(C)O1. The molecule has 0 aromatic heterocycles. The van der Waals surface area contributed by atoms with E-state index in [1.807, 2.05) is 20.8 Å². The van der Waals surface area contributed by atoms with Gasteiger partial charge in [-0.2, -0.15) is 0 Å². The summed E-state index contributed by atoms with van der Waals surface area (Å²) in [6.07, 6.45) is 0.527. The molecule has 1 aliphatic rings. The minimum atomic E-state index is -0.577. The molecule has 0 amide bonds. The number of rotatable bonds is 3. The lowest BCUT2D eigenvalue weighted by Crippen LogP contribution is -2.32. The summed E-state index contributed by atoms with van der Waals surface area (Å²) in [4.78, 5) is 11.4. The molecule has 82 valence electrons. The van der Waals surface area contributed by atoms with Crippen LogP contribution in [0, 0.1) is 5.92 Å². The molecule has 0 aromatic rings. The van der Waals surface area contributed by atoms with Gasteiger partial charge in [-0.15, -0.1) is 0 Å². The van der Waals surface area contributed by atoms with Crippen LogP contribution in [0.4, 0.5) is 0 Å². The molecule has 2 atom stereocenters. The molecule has 1 heterocycles. The molecule has 1 rings (SSSR count). The Bertz CT molecular complexity index is 212. The normalized spacial score (nSPS) is 27.3. The molecule has 1 aliphatic heterocycles. The second-order valence-corrected chi connectivity index (χ2v) is 3.91. The Morgan fingerprint density at radius 1 is 1.64 bits per heavy atom. The molecule has 0 aromatic carbocycles. The van der Waals surface area contributed by atoms with E-state index < -0.39 is 5.79 Å². The van der Waals surface area contributed by atoms with E-state index in [4.69, 9.17) is 14.2 Å². The number of hydrogen-bond acceptors (Lipinski definition) is 4. The quantitative estimate of drug-likeness (QED) is 0.648. The average Bonchev–Trinajstić information content (AvgIpc) is 2.47. The van der Waals surface area contributed by atoms with Crippen molar-refractivity contribution in [2.45, 2.75) is 39.1 Å². The maximum absolute atomic E-state index is 11.4. The first-order valence-electron chi connectivity index (χ1n) is 4.89. The Hall–Kier alpha value is -0.610. The molecule has 4 heteroatoms. The molecule has 1 saturated heterocycles. The predicted molar refractivity (Wildman–Crippen MR) is 50.7 cm³/mol. The summed E-state index contributed by atoms with van der Waals surface area (Å²) in [5, 5.41) is 0. The Morgan fingerprint density at radius 3 is 2.64 bits per heavy atom. The predicted octanol–water partition coefficient (Wildman–Crippen LogP) is 1.34. The van der Waals surface area contributed by atoms with Gasteiger partial charge in [0.05, 0.1) is 25.7 Å². The maximum Gasteiger partial charge on any atom is 0.311 e. The van der Waals surface area contributed by atoms with Gasteiger partial charge >= 0.3 is 5.97 Å². The van der Waals surface area contributed by atoms with E-state index in [1.165, 1.54) is 7.11 Å². The highest BCUT2D eigenvalue weighted by molar-refractivity contribution is 5.72. The minimum absolute atomic E-state index is 0.178. The van der Waals surface area contributed by atoms with E-state index in [0.717, 1.165) is 0 Å². The fourth-order valence-corrected chi connectivity index (χ4v) is 1.65. The van der Waals surface area contributed by atoms with E-state index in [-0.39, 0.29) is 18.0 Å². The lowest BCUT2D eigenvalue weighted by atomic mass is 10.0. The number of carbonyl (C=O) groups is 1. The van der Waals surface area contributed by atoms with Crippen LogP contribution in [-0.2, 0) is 19.0 Å². The Labute approximate surface area is 84.5 Å². The summed E-state index contributed by atoms with van der Waals surface area (Å²) >= 11 is 0. The molecule has 0 spiro atoms. The van der Waals surface area contributed by atoms with E-state index in [2.05, 4.69) is 0 Å². The molecular formula is C10H18O4. The fraction of sp³-hybridized carbons (Fsp3) is 0.900. The molecule has 4 nitrogen and oxygen atoms in total. The molecule has 0 aliphatic carbocycles.